The maximum absolute atomic E-state index is 11.1. The van der Waals surface area contributed by atoms with Gasteiger partial charge in [-0.15, -0.1) is 0 Å². The molecule has 110 valence electrons. The van der Waals surface area contributed by atoms with Crippen LogP contribution in [0.4, 0.5) is 0 Å². The summed E-state index contributed by atoms with van der Waals surface area (Å²) in [6.45, 7) is 0. The second-order valence-corrected chi connectivity index (χ2v) is 5.45. The van der Waals surface area contributed by atoms with Gasteiger partial charge in [-0.05, 0) is 36.4 Å². The number of hydrogen-bond acceptors (Lipinski definition) is 5. The van der Waals surface area contributed by atoms with E-state index in [1.54, 1.807) is 18.2 Å². The average Bonchev–Trinajstić information content (AvgIpc) is 2.54. The zero-order chi connectivity index (χ0) is 16.1. The quantitative estimate of drug-likeness (QED) is 0.825. The van der Waals surface area contributed by atoms with E-state index in [0.29, 0.717) is 34.2 Å². The van der Waals surface area contributed by atoms with E-state index in [9.17, 15) is 19.2 Å². The average molecular weight is 314 g/mol. The van der Waals surface area contributed by atoms with Crippen molar-refractivity contribution in [2.45, 2.75) is 9.79 Å². The van der Waals surface area contributed by atoms with Crippen LogP contribution in [-0.2, 0) is 0 Å². The molecule has 0 unspecified atom stereocenters. The van der Waals surface area contributed by atoms with Gasteiger partial charge in [0.25, 0.3) is 0 Å². The summed E-state index contributed by atoms with van der Waals surface area (Å²) in [5.74, 6) is -1.19. The second-order valence-electron chi connectivity index (χ2n) is 4.30. The van der Waals surface area contributed by atoms with E-state index in [1.165, 1.54) is 30.0 Å². The Labute approximate surface area is 130 Å². The largest absolute Gasteiger partial charge is 0.478 e. The molecule has 0 bridgehead atoms. The van der Waals surface area contributed by atoms with Gasteiger partial charge in [-0.2, -0.15) is 0 Å². The van der Waals surface area contributed by atoms with E-state index >= 15 is 0 Å². The molecule has 0 fully saturated rings. The van der Waals surface area contributed by atoms with Crippen molar-refractivity contribution >= 4 is 36.6 Å². The summed E-state index contributed by atoms with van der Waals surface area (Å²) >= 11 is 1.23. The number of aromatic carboxylic acids is 1. The molecule has 0 amide bonds. The van der Waals surface area contributed by atoms with Crippen LogP contribution >= 0.6 is 11.8 Å². The zero-order valence-corrected chi connectivity index (χ0v) is 12.0. The molecule has 0 atom stereocenters. The van der Waals surface area contributed by atoms with E-state index in [4.69, 9.17) is 5.11 Å². The summed E-state index contributed by atoms with van der Waals surface area (Å²) in [7, 11) is 0. The fraction of sp³-hybridized carbons (Fsp3) is 0. The molecule has 0 heterocycles. The highest BCUT2D eigenvalue weighted by Gasteiger charge is 2.11. The normalized spacial score (nSPS) is 10.0. The van der Waals surface area contributed by atoms with Crippen molar-refractivity contribution in [1.29, 1.82) is 0 Å². The topological polar surface area (TPSA) is 88.5 Å². The highest BCUT2D eigenvalue weighted by molar-refractivity contribution is 7.99. The first-order valence-corrected chi connectivity index (χ1v) is 6.95. The third-order valence-electron chi connectivity index (χ3n) is 2.93. The smallest absolute Gasteiger partial charge is 0.336 e. The molecule has 0 aliphatic heterocycles. The molecule has 6 heteroatoms. The minimum atomic E-state index is -1.19. The van der Waals surface area contributed by atoms with Crippen LogP contribution in [0, 0.1) is 0 Å². The first kappa shape index (κ1) is 15.7. The highest BCUT2D eigenvalue weighted by Crippen LogP contribution is 2.30. The molecule has 2 aromatic rings. The van der Waals surface area contributed by atoms with Crippen molar-refractivity contribution in [2.24, 2.45) is 0 Å². The maximum Gasteiger partial charge on any atom is 0.336 e. The Bertz CT molecular complexity index is 767. The predicted molar refractivity (Wildman–Crippen MR) is 80.1 cm³/mol. The van der Waals surface area contributed by atoms with E-state index < -0.39 is 5.97 Å². The van der Waals surface area contributed by atoms with E-state index in [2.05, 4.69) is 0 Å². The second kappa shape index (κ2) is 6.82. The van der Waals surface area contributed by atoms with Crippen LogP contribution in [0.1, 0.15) is 41.4 Å². The summed E-state index contributed by atoms with van der Waals surface area (Å²) in [5.41, 5.74) is 0.576. The molecule has 0 aliphatic carbocycles. The number of carbonyl (C=O) groups excluding carboxylic acids is 3. The lowest BCUT2D eigenvalue weighted by Gasteiger charge is -2.06. The third kappa shape index (κ3) is 3.29. The molecule has 0 saturated carbocycles. The minimum absolute atomic E-state index is 0.0832. The fourth-order valence-electron chi connectivity index (χ4n) is 1.85. The number of rotatable bonds is 6. The number of hydrogen-bond donors (Lipinski definition) is 1. The van der Waals surface area contributed by atoms with Crippen molar-refractivity contribution < 1.29 is 24.3 Å². The van der Waals surface area contributed by atoms with Gasteiger partial charge in [0.1, 0.15) is 0 Å². The summed E-state index contributed by atoms with van der Waals surface area (Å²) in [6, 6.07) is 9.18. The van der Waals surface area contributed by atoms with Gasteiger partial charge in [0, 0.05) is 26.5 Å². The Morgan fingerprint density at radius 1 is 0.818 bits per heavy atom. The summed E-state index contributed by atoms with van der Waals surface area (Å²) in [6.07, 6.45) is 1.67. The monoisotopic (exact) mass is 314 g/mol. The van der Waals surface area contributed by atoms with Crippen LogP contribution < -0.4 is 0 Å². The van der Waals surface area contributed by atoms with Crippen LogP contribution in [0.3, 0.4) is 0 Å². The molecular formula is C16H10O5S. The minimum Gasteiger partial charge on any atom is -0.478 e. The molecule has 5 nitrogen and oxygen atoms in total. The number of carboxylic acids is 1. The van der Waals surface area contributed by atoms with Crippen LogP contribution in [0.2, 0.25) is 0 Å². The van der Waals surface area contributed by atoms with Crippen molar-refractivity contribution in [3.05, 3.63) is 58.7 Å². The molecule has 2 aromatic carbocycles. The molecule has 0 saturated heterocycles. The molecule has 22 heavy (non-hydrogen) atoms. The Balaban J connectivity index is 2.37. The van der Waals surface area contributed by atoms with Crippen LogP contribution in [0.15, 0.2) is 46.2 Å². The molecule has 0 aliphatic rings. The third-order valence-corrected chi connectivity index (χ3v) is 3.91. The number of aldehydes is 3. The molecule has 0 aromatic heterocycles. The molecule has 0 radical (unpaired) electrons. The molecule has 1 N–H and O–H groups in total. The SMILES string of the molecule is O=Cc1ccc(Sc2ccc(C=O)c(C(=O)O)c2)cc1C=O. The van der Waals surface area contributed by atoms with Crippen molar-refractivity contribution in [1.82, 2.24) is 0 Å². The van der Waals surface area contributed by atoms with Crippen molar-refractivity contribution in [3.8, 4) is 0 Å². The highest BCUT2D eigenvalue weighted by atomic mass is 32.2. The molecular weight excluding hydrogens is 304 g/mol. The maximum atomic E-state index is 11.1. The number of benzene rings is 2. The van der Waals surface area contributed by atoms with Crippen LogP contribution in [0.5, 0.6) is 0 Å². The van der Waals surface area contributed by atoms with Gasteiger partial charge in [0.15, 0.2) is 18.9 Å². The predicted octanol–water partition coefficient (Wildman–Crippen LogP) is 2.97. The van der Waals surface area contributed by atoms with Gasteiger partial charge < -0.3 is 5.11 Å². The van der Waals surface area contributed by atoms with Crippen LogP contribution in [0.25, 0.3) is 0 Å². The Morgan fingerprint density at radius 3 is 1.91 bits per heavy atom. The first-order valence-electron chi connectivity index (χ1n) is 6.14. The van der Waals surface area contributed by atoms with Gasteiger partial charge in [0.2, 0.25) is 0 Å². The summed E-state index contributed by atoms with van der Waals surface area (Å²) in [5, 5.41) is 9.08. The van der Waals surface area contributed by atoms with Crippen molar-refractivity contribution in [2.75, 3.05) is 0 Å². The Hall–Kier alpha value is -2.73. The van der Waals surface area contributed by atoms with Gasteiger partial charge in [-0.25, -0.2) is 4.79 Å². The van der Waals surface area contributed by atoms with Crippen LogP contribution in [-0.4, -0.2) is 29.9 Å². The van der Waals surface area contributed by atoms with Gasteiger partial charge in [-0.1, -0.05) is 11.8 Å². The zero-order valence-electron chi connectivity index (χ0n) is 11.2. The first-order chi connectivity index (χ1) is 10.6. The number of carbonyl (C=O) groups is 4. The van der Waals surface area contributed by atoms with E-state index in [0.717, 1.165) is 0 Å². The van der Waals surface area contributed by atoms with E-state index in [1.807, 2.05) is 0 Å². The fourth-order valence-corrected chi connectivity index (χ4v) is 2.76. The lowest BCUT2D eigenvalue weighted by atomic mass is 10.1. The lowest BCUT2D eigenvalue weighted by Crippen LogP contribution is -2.01. The van der Waals surface area contributed by atoms with Crippen molar-refractivity contribution in [3.63, 3.8) is 0 Å². The Morgan fingerprint density at radius 2 is 1.36 bits per heavy atom. The lowest BCUT2D eigenvalue weighted by molar-refractivity contribution is 0.0693. The van der Waals surface area contributed by atoms with Gasteiger partial charge >= 0.3 is 5.97 Å². The molecule has 2 rings (SSSR count). The van der Waals surface area contributed by atoms with Gasteiger partial charge in [0.05, 0.1) is 5.56 Å². The summed E-state index contributed by atoms with van der Waals surface area (Å²) < 4.78 is 0. The Kier molecular flexibility index (Phi) is 4.85. The molecule has 0 spiro atoms. The standard InChI is InChI=1S/C16H10O5S/c17-7-10-1-3-13(5-12(10)9-19)22-14-4-2-11(8-18)15(6-14)16(20)21/h1-9H,(H,20,21). The van der Waals surface area contributed by atoms with Gasteiger partial charge in [-0.3, -0.25) is 14.4 Å². The number of carboxylic acid groups (broad SMARTS) is 1. The summed E-state index contributed by atoms with van der Waals surface area (Å²) in [4.78, 5) is 44.9. The van der Waals surface area contributed by atoms with E-state index in [-0.39, 0.29) is 16.7 Å².